The topological polar surface area (TPSA) is 79.7 Å². The van der Waals surface area contributed by atoms with Crippen molar-refractivity contribution in [1.29, 1.82) is 0 Å². The third kappa shape index (κ3) is 6.02. The maximum absolute atomic E-state index is 12.9. The number of carbonyl (C=O) groups is 2. The van der Waals surface area contributed by atoms with Gasteiger partial charge in [-0.15, -0.1) is 0 Å². The van der Waals surface area contributed by atoms with E-state index in [1.807, 2.05) is 59.7 Å². The van der Waals surface area contributed by atoms with E-state index >= 15 is 0 Å². The lowest BCUT2D eigenvalue weighted by Gasteiger charge is -2.20. The molecular formula is C28H33IN2O5. The Morgan fingerprint density at radius 3 is 2.31 bits per heavy atom. The Bertz CT molecular complexity index is 1330. The fourth-order valence-corrected chi connectivity index (χ4v) is 4.76. The molecule has 0 spiro atoms. The maximum atomic E-state index is 12.9. The van der Waals surface area contributed by atoms with Gasteiger partial charge in [-0.1, -0.05) is 6.07 Å². The Labute approximate surface area is 225 Å². The number of fused-ring (bicyclic) bond motifs is 1. The number of rotatable bonds is 5. The van der Waals surface area contributed by atoms with Crippen molar-refractivity contribution in [3.05, 3.63) is 45.3 Å². The second kappa shape index (κ2) is 9.68. The Balaban J connectivity index is 1.79. The number of methoxy groups -OCH3 is 1. The highest BCUT2D eigenvalue weighted by molar-refractivity contribution is 14.1. The van der Waals surface area contributed by atoms with Crippen molar-refractivity contribution in [3.63, 3.8) is 0 Å². The lowest BCUT2D eigenvalue weighted by molar-refractivity contribution is -0.153. The first-order chi connectivity index (χ1) is 16.8. The lowest BCUT2D eigenvalue weighted by atomic mass is 9.97. The number of halogens is 1. The van der Waals surface area contributed by atoms with Gasteiger partial charge < -0.3 is 14.2 Å². The number of nitrogens with zero attached hydrogens (tertiary/aromatic N) is 2. The highest BCUT2D eigenvalue weighted by atomic mass is 127. The van der Waals surface area contributed by atoms with E-state index in [0.717, 1.165) is 44.2 Å². The molecule has 1 aliphatic rings. The smallest absolute Gasteiger partial charge is 0.420 e. The SMILES string of the molecule is COc1ccc(-c2cc3c(I)cn(C(=O)OC(C)(C)C)c3nc2C2CC2)cc1CC(=O)OC(C)(C)C. The summed E-state index contributed by atoms with van der Waals surface area (Å²) in [6.45, 7) is 11.1. The molecule has 0 unspecified atom stereocenters. The standard InChI is InChI=1S/C28H33IN2O5/c1-27(2,3)35-23(32)13-18-12-17(10-11-22(18)34-7)19-14-20-21(29)15-31(26(33)36-28(4,5)6)25(20)30-24(19)16-8-9-16/h10-12,14-16H,8-9,13H2,1-7H3. The average Bonchev–Trinajstić information content (AvgIpc) is 3.54. The number of hydrogen-bond donors (Lipinski definition) is 0. The van der Waals surface area contributed by atoms with Gasteiger partial charge in [0.05, 0.1) is 19.2 Å². The minimum atomic E-state index is -0.605. The van der Waals surface area contributed by atoms with Crippen molar-refractivity contribution in [1.82, 2.24) is 9.55 Å². The van der Waals surface area contributed by atoms with Gasteiger partial charge in [0.1, 0.15) is 17.0 Å². The Morgan fingerprint density at radius 2 is 1.72 bits per heavy atom. The normalized spacial score (nSPS) is 14.1. The van der Waals surface area contributed by atoms with E-state index in [9.17, 15) is 9.59 Å². The molecule has 1 saturated carbocycles. The molecule has 1 fully saturated rings. The molecule has 0 amide bonds. The van der Waals surface area contributed by atoms with E-state index in [1.165, 1.54) is 4.57 Å². The molecule has 1 aromatic carbocycles. The van der Waals surface area contributed by atoms with Crippen LogP contribution in [-0.2, 0) is 20.7 Å². The van der Waals surface area contributed by atoms with Crippen LogP contribution >= 0.6 is 22.6 Å². The molecular weight excluding hydrogens is 571 g/mol. The molecule has 4 rings (SSSR count). The van der Waals surface area contributed by atoms with Crippen LogP contribution in [0.2, 0.25) is 0 Å². The highest BCUT2D eigenvalue weighted by Crippen LogP contribution is 2.45. The summed E-state index contributed by atoms with van der Waals surface area (Å²) in [6.07, 6.45) is 3.54. The molecule has 8 heteroatoms. The van der Waals surface area contributed by atoms with Crippen molar-refractivity contribution >= 4 is 45.7 Å². The fourth-order valence-electron chi connectivity index (χ4n) is 4.09. The van der Waals surface area contributed by atoms with Crippen LogP contribution in [0.15, 0.2) is 30.5 Å². The Hall–Kier alpha value is -2.62. The molecule has 7 nitrogen and oxygen atoms in total. The van der Waals surface area contributed by atoms with Crippen molar-refractivity contribution in [2.45, 2.75) is 77.9 Å². The van der Waals surface area contributed by atoms with Crippen LogP contribution in [0.25, 0.3) is 22.2 Å². The second-order valence-electron chi connectivity index (χ2n) is 11.2. The van der Waals surface area contributed by atoms with Crippen LogP contribution in [-0.4, -0.2) is 39.9 Å². The number of benzene rings is 1. The first kappa shape index (κ1) is 26.4. The van der Waals surface area contributed by atoms with Gasteiger partial charge in [0.15, 0.2) is 5.65 Å². The Morgan fingerprint density at radius 1 is 1.06 bits per heavy atom. The van der Waals surface area contributed by atoms with E-state index in [4.69, 9.17) is 19.2 Å². The third-order valence-corrected chi connectivity index (χ3v) is 6.52. The van der Waals surface area contributed by atoms with Gasteiger partial charge in [-0.2, -0.15) is 0 Å². The molecule has 192 valence electrons. The summed E-state index contributed by atoms with van der Waals surface area (Å²) in [4.78, 5) is 30.5. The number of aromatic nitrogens is 2. The summed E-state index contributed by atoms with van der Waals surface area (Å²) in [5, 5.41) is 0.880. The summed E-state index contributed by atoms with van der Waals surface area (Å²) < 4.78 is 19.1. The first-order valence-electron chi connectivity index (χ1n) is 12.1. The molecule has 36 heavy (non-hydrogen) atoms. The maximum Gasteiger partial charge on any atom is 0.420 e. The summed E-state index contributed by atoms with van der Waals surface area (Å²) in [6, 6.07) is 7.95. The Kier molecular flexibility index (Phi) is 7.11. The van der Waals surface area contributed by atoms with E-state index in [1.54, 1.807) is 13.3 Å². The summed E-state index contributed by atoms with van der Waals surface area (Å²) in [5.41, 5.74) is 3.09. The zero-order chi connectivity index (χ0) is 26.4. The highest BCUT2D eigenvalue weighted by Gasteiger charge is 2.31. The molecule has 3 aromatic rings. The van der Waals surface area contributed by atoms with Gasteiger partial charge in [0.25, 0.3) is 0 Å². The van der Waals surface area contributed by atoms with Crippen LogP contribution in [0.3, 0.4) is 0 Å². The molecule has 0 atom stereocenters. The van der Waals surface area contributed by atoms with Crippen LogP contribution in [0.4, 0.5) is 4.79 Å². The average molecular weight is 604 g/mol. The summed E-state index contributed by atoms with van der Waals surface area (Å²) in [5.74, 6) is 0.663. The predicted molar refractivity (Wildman–Crippen MR) is 148 cm³/mol. The van der Waals surface area contributed by atoms with Crippen LogP contribution in [0.1, 0.15) is 71.6 Å². The number of hydrogen-bond acceptors (Lipinski definition) is 6. The van der Waals surface area contributed by atoms with Crippen molar-refractivity contribution in [2.75, 3.05) is 7.11 Å². The van der Waals surface area contributed by atoms with Gasteiger partial charge in [-0.3, -0.25) is 4.79 Å². The molecule has 2 heterocycles. The van der Waals surface area contributed by atoms with Gasteiger partial charge in [0, 0.05) is 32.2 Å². The quantitative estimate of drug-likeness (QED) is 0.234. The van der Waals surface area contributed by atoms with Gasteiger partial charge in [0.2, 0.25) is 0 Å². The van der Waals surface area contributed by atoms with Gasteiger partial charge in [-0.25, -0.2) is 14.3 Å². The summed E-state index contributed by atoms with van der Waals surface area (Å²) in [7, 11) is 1.60. The van der Waals surface area contributed by atoms with Crippen LogP contribution in [0.5, 0.6) is 5.75 Å². The number of esters is 1. The molecule has 1 aliphatic carbocycles. The lowest BCUT2D eigenvalue weighted by Crippen LogP contribution is -2.27. The largest absolute Gasteiger partial charge is 0.496 e. The molecule has 0 aliphatic heterocycles. The van der Waals surface area contributed by atoms with Crippen LogP contribution < -0.4 is 4.74 Å². The zero-order valence-corrected chi connectivity index (χ0v) is 24.1. The van der Waals surface area contributed by atoms with E-state index < -0.39 is 17.3 Å². The third-order valence-electron chi connectivity index (χ3n) is 5.66. The van der Waals surface area contributed by atoms with Crippen molar-refractivity contribution in [2.24, 2.45) is 0 Å². The second-order valence-corrected chi connectivity index (χ2v) is 12.3. The van der Waals surface area contributed by atoms with E-state index in [-0.39, 0.29) is 12.4 Å². The van der Waals surface area contributed by atoms with Gasteiger partial charge >= 0.3 is 12.1 Å². The zero-order valence-electron chi connectivity index (χ0n) is 21.9. The molecule has 2 aromatic heterocycles. The minimum absolute atomic E-state index is 0.106. The first-order valence-corrected chi connectivity index (χ1v) is 13.2. The molecule has 0 bridgehead atoms. The molecule has 0 radical (unpaired) electrons. The number of pyridine rings is 1. The van der Waals surface area contributed by atoms with E-state index in [0.29, 0.717) is 17.3 Å². The van der Waals surface area contributed by atoms with Gasteiger partial charge in [-0.05, 0) is 101 Å². The monoisotopic (exact) mass is 604 g/mol. The number of ether oxygens (including phenoxy) is 3. The fraction of sp³-hybridized carbons (Fsp3) is 0.464. The van der Waals surface area contributed by atoms with Crippen molar-refractivity contribution in [3.8, 4) is 16.9 Å². The van der Waals surface area contributed by atoms with Crippen LogP contribution in [0, 0.1) is 3.57 Å². The van der Waals surface area contributed by atoms with E-state index in [2.05, 4.69) is 28.7 Å². The molecule has 0 saturated heterocycles. The number of carbonyl (C=O) groups excluding carboxylic acids is 2. The predicted octanol–water partition coefficient (Wildman–Crippen LogP) is 6.86. The van der Waals surface area contributed by atoms with Crippen molar-refractivity contribution < 1.29 is 23.8 Å². The molecule has 0 N–H and O–H groups in total. The minimum Gasteiger partial charge on any atom is -0.496 e. The summed E-state index contributed by atoms with van der Waals surface area (Å²) >= 11 is 2.23.